The van der Waals surface area contributed by atoms with E-state index < -0.39 is 15.8 Å². The normalized spacial score (nSPS) is 11.2. The Morgan fingerprint density at radius 1 is 1.15 bits per heavy atom. The zero-order valence-corrected chi connectivity index (χ0v) is 12.8. The second kappa shape index (κ2) is 5.80. The molecular weight excluding hydrogens is 349 g/mol. The van der Waals surface area contributed by atoms with Crippen LogP contribution >= 0.6 is 15.9 Å². The van der Waals surface area contributed by atoms with E-state index in [1.807, 2.05) is 0 Å². The van der Waals surface area contributed by atoms with E-state index >= 15 is 0 Å². The first-order valence-corrected chi connectivity index (χ1v) is 7.82. The third kappa shape index (κ3) is 3.29. The monoisotopic (exact) mass is 359 g/mol. The maximum atomic E-state index is 13.4. The summed E-state index contributed by atoms with van der Waals surface area (Å²) in [7, 11) is -2.31. The summed E-state index contributed by atoms with van der Waals surface area (Å²) in [5, 5.41) is 0. The molecule has 106 valence electrons. The van der Waals surface area contributed by atoms with Crippen LogP contribution in [0.5, 0.6) is 5.75 Å². The average Bonchev–Trinajstić information content (AvgIpc) is 2.42. The number of ether oxygens (including phenoxy) is 1. The lowest BCUT2D eigenvalue weighted by Crippen LogP contribution is -2.13. The summed E-state index contributed by atoms with van der Waals surface area (Å²) in [5.41, 5.74) is 0.370. The Morgan fingerprint density at radius 3 is 2.35 bits per heavy atom. The van der Waals surface area contributed by atoms with Gasteiger partial charge in [0.2, 0.25) is 0 Å². The largest absolute Gasteiger partial charge is 0.497 e. The van der Waals surface area contributed by atoms with E-state index in [-0.39, 0.29) is 9.37 Å². The highest BCUT2D eigenvalue weighted by molar-refractivity contribution is 9.10. The lowest BCUT2D eigenvalue weighted by Gasteiger charge is -2.09. The van der Waals surface area contributed by atoms with Gasteiger partial charge < -0.3 is 4.74 Å². The quantitative estimate of drug-likeness (QED) is 0.909. The van der Waals surface area contributed by atoms with Crippen LogP contribution in [-0.4, -0.2) is 15.5 Å². The van der Waals surface area contributed by atoms with E-state index in [1.54, 1.807) is 24.3 Å². The van der Waals surface area contributed by atoms with E-state index in [0.29, 0.717) is 11.4 Å². The van der Waals surface area contributed by atoms with Gasteiger partial charge in [0.25, 0.3) is 10.0 Å². The van der Waals surface area contributed by atoms with Gasteiger partial charge in [0.15, 0.2) is 0 Å². The minimum atomic E-state index is -3.82. The fourth-order valence-corrected chi connectivity index (χ4v) is 2.83. The zero-order chi connectivity index (χ0) is 14.8. The van der Waals surface area contributed by atoms with Crippen LogP contribution in [0.2, 0.25) is 0 Å². The molecule has 0 aromatic heterocycles. The van der Waals surface area contributed by atoms with Crippen LogP contribution in [0.4, 0.5) is 10.1 Å². The van der Waals surface area contributed by atoms with Gasteiger partial charge in [0.05, 0.1) is 16.5 Å². The molecular formula is C13H11BrFNO3S. The van der Waals surface area contributed by atoms with Gasteiger partial charge in [-0.05, 0) is 58.4 Å². The molecule has 4 nitrogen and oxygen atoms in total. The van der Waals surface area contributed by atoms with Crippen molar-refractivity contribution in [1.82, 2.24) is 0 Å². The average molecular weight is 360 g/mol. The molecule has 0 radical (unpaired) electrons. The Kier molecular flexibility index (Phi) is 4.29. The molecule has 0 fully saturated rings. The van der Waals surface area contributed by atoms with Gasteiger partial charge in [0.1, 0.15) is 11.6 Å². The van der Waals surface area contributed by atoms with Gasteiger partial charge >= 0.3 is 0 Å². The fourth-order valence-electron chi connectivity index (χ4n) is 1.52. The molecule has 0 saturated carbocycles. The summed E-state index contributed by atoms with van der Waals surface area (Å²) < 4.78 is 45.1. The molecule has 0 unspecified atom stereocenters. The summed E-state index contributed by atoms with van der Waals surface area (Å²) in [6.45, 7) is 0. The highest BCUT2D eigenvalue weighted by Crippen LogP contribution is 2.22. The molecule has 0 spiro atoms. The third-order valence-corrected chi connectivity index (χ3v) is 4.57. The molecule has 2 aromatic rings. The van der Waals surface area contributed by atoms with Gasteiger partial charge in [-0.25, -0.2) is 12.8 Å². The van der Waals surface area contributed by atoms with E-state index in [2.05, 4.69) is 20.7 Å². The Labute approximate surface area is 124 Å². The standard InChI is InChI=1S/C13H11BrFNO3S/c1-19-10-4-2-9(3-5-10)16-20(17,18)11-6-7-12(14)13(15)8-11/h2-8,16H,1H3. The van der Waals surface area contributed by atoms with Crippen molar-refractivity contribution in [1.29, 1.82) is 0 Å². The summed E-state index contributed by atoms with van der Waals surface area (Å²) in [6, 6.07) is 9.99. The van der Waals surface area contributed by atoms with Crippen LogP contribution in [0, 0.1) is 5.82 Å². The Bertz CT molecular complexity index is 717. The van der Waals surface area contributed by atoms with E-state index in [9.17, 15) is 12.8 Å². The molecule has 0 amide bonds. The lowest BCUT2D eigenvalue weighted by molar-refractivity contribution is 0.415. The van der Waals surface area contributed by atoms with Crippen molar-refractivity contribution in [3.05, 3.63) is 52.8 Å². The molecule has 0 aliphatic carbocycles. The minimum Gasteiger partial charge on any atom is -0.497 e. The van der Waals surface area contributed by atoms with Crippen molar-refractivity contribution in [2.45, 2.75) is 4.90 Å². The summed E-state index contributed by atoms with van der Waals surface area (Å²) in [5.74, 6) is -0.0229. The lowest BCUT2D eigenvalue weighted by atomic mass is 10.3. The zero-order valence-electron chi connectivity index (χ0n) is 10.4. The molecule has 0 bridgehead atoms. The molecule has 0 heterocycles. The maximum absolute atomic E-state index is 13.4. The van der Waals surface area contributed by atoms with Gasteiger partial charge in [-0.2, -0.15) is 0 Å². The van der Waals surface area contributed by atoms with E-state index in [4.69, 9.17) is 4.74 Å². The number of hydrogen-bond donors (Lipinski definition) is 1. The number of nitrogens with one attached hydrogen (secondary N) is 1. The van der Waals surface area contributed by atoms with Crippen LogP contribution in [0.3, 0.4) is 0 Å². The van der Waals surface area contributed by atoms with Crippen LogP contribution in [0.15, 0.2) is 51.8 Å². The Morgan fingerprint density at radius 2 is 1.80 bits per heavy atom. The number of sulfonamides is 1. The fraction of sp³-hybridized carbons (Fsp3) is 0.0769. The number of benzene rings is 2. The molecule has 2 rings (SSSR count). The van der Waals surface area contributed by atoms with Crippen molar-refractivity contribution in [2.75, 3.05) is 11.8 Å². The van der Waals surface area contributed by atoms with E-state index in [1.165, 1.54) is 19.2 Å². The van der Waals surface area contributed by atoms with E-state index in [0.717, 1.165) is 6.07 Å². The summed E-state index contributed by atoms with van der Waals surface area (Å²) in [6.07, 6.45) is 0. The number of halogens is 2. The topological polar surface area (TPSA) is 55.4 Å². The molecule has 7 heteroatoms. The Hall–Kier alpha value is -1.60. The smallest absolute Gasteiger partial charge is 0.261 e. The molecule has 0 aliphatic rings. The summed E-state index contributed by atoms with van der Waals surface area (Å²) >= 11 is 2.97. The van der Waals surface area contributed by atoms with Crippen molar-refractivity contribution in [3.8, 4) is 5.75 Å². The van der Waals surface area contributed by atoms with Gasteiger partial charge in [-0.3, -0.25) is 4.72 Å². The van der Waals surface area contributed by atoms with Gasteiger partial charge in [-0.15, -0.1) is 0 Å². The number of hydrogen-bond acceptors (Lipinski definition) is 3. The number of methoxy groups -OCH3 is 1. The predicted octanol–water partition coefficient (Wildman–Crippen LogP) is 3.40. The highest BCUT2D eigenvalue weighted by atomic mass is 79.9. The van der Waals surface area contributed by atoms with Crippen LogP contribution < -0.4 is 9.46 Å². The molecule has 0 saturated heterocycles. The SMILES string of the molecule is COc1ccc(NS(=O)(=O)c2ccc(Br)c(F)c2)cc1. The summed E-state index contributed by atoms with van der Waals surface area (Å²) in [4.78, 5) is -0.144. The molecule has 0 atom stereocenters. The third-order valence-electron chi connectivity index (χ3n) is 2.54. The minimum absolute atomic E-state index is 0.144. The second-order valence-corrected chi connectivity index (χ2v) is 6.45. The predicted molar refractivity (Wildman–Crippen MR) is 77.9 cm³/mol. The van der Waals surface area contributed by atoms with Crippen LogP contribution in [0.1, 0.15) is 0 Å². The maximum Gasteiger partial charge on any atom is 0.261 e. The molecule has 0 aliphatic heterocycles. The van der Waals surface area contributed by atoms with Crippen LogP contribution in [0.25, 0.3) is 0 Å². The van der Waals surface area contributed by atoms with Gasteiger partial charge in [-0.1, -0.05) is 0 Å². The van der Waals surface area contributed by atoms with Crippen molar-refractivity contribution in [3.63, 3.8) is 0 Å². The van der Waals surface area contributed by atoms with Crippen molar-refractivity contribution in [2.24, 2.45) is 0 Å². The molecule has 1 N–H and O–H groups in total. The number of anilines is 1. The van der Waals surface area contributed by atoms with Gasteiger partial charge in [0, 0.05) is 5.69 Å². The van der Waals surface area contributed by atoms with Crippen LogP contribution in [-0.2, 0) is 10.0 Å². The number of rotatable bonds is 4. The van der Waals surface area contributed by atoms with Crippen molar-refractivity contribution < 1.29 is 17.5 Å². The first-order valence-electron chi connectivity index (χ1n) is 5.54. The highest BCUT2D eigenvalue weighted by Gasteiger charge is 2.16. The Balaban J connectivity index is 2.27. The first-order chi connectivity index (χ1) is 9.42. The first kappa shape index (κ1) is 14.8. The van der Waals surface area contributed by atoms with Crippen molar-refractivity contribution >= 4 is 31.6 Å². The molecule has 20 heavy (non-hydrogen) atoms. The second-order valence-electron chi connectivity index (χ2n) is 3.91. The molecule has 2 aromatic carbocycles.